The van der Waals surface area contributed by atoms with Crippen LogP contribution in [0.1, 0.15) is 40.5 Å². The first-order valence-electron chi connectivity index (χ1n) is 12.8. The summed E-state index contributed by atoms with van der Waals surface area (Å²) < 4.78 is 53.3. The second-order valence-corrected chi connectivity index (χ2v) is 11.8. The van der Waals surface area contributed by atoms with E-state index in [-0.39, 0.29) is 30.1 Å². The predicted octanol–water partition coefficient (Wildman–Crippen LogP) is 2.55. The Labute approximate surface area is 232 Å². The molecule has 1 amide bonds. The number of nitrogens with zero attached hydrogens (tertiary/aromatic N) is 5. The number of nitrogens with two attached hydrogens (primary N) is 1. The largest absolute Gasteiger partial charge is 0.384 e. The summed E-state index contributed by atoms with van der Waals surface area (Å²) in [5, 5.41) is 0. The van der Waals surface area contributed by atoms with E-state index in [0.29, 0.717) is 55.1 Å². The van der Waals surface area contributed by atoms with Crippen molar-refractivity contribution in [1.82, 2.24) is 24.8 Å². The minimum atomic E-state index is -3.04. The van der Waals surface area contributed by atoms with Gasteiger partial charge in [0.1, 0.15) is 39.2 Å². The van der Waals surface area contributed by atoms with Crippen molar-refractivity contribution in [2.45, 2.75) is 19.8 Å². The van der Waals surface area contributed by atoms with Crippen molar-refractivity contribution < 1.29 is 22.0 Å². The van der Waals surface area contributed by atoms with Crippen LogP contribution in [0.25, 0.3) is 11.3 Å². The van der Waals surface area contributed by atoms with Gasteiger partial charge in [0.05, 0.1) is 22.7 Å². The minimum absolute atomic E-state index is 0.0902. The molecule has 2 aromatic heterocycles. The van der Waals surface area contributed by atoms with E-state index in [1.165, 1.54) is 23.7 Å². The van der Waals surface area contributed by atoms with E-state index in [4.69, 9.17) is 5.73 Å². The molecular weight excluding hydrogens is 538 g/mol. The molecule has 0 bridgehead atoms. The van der Waals surface area contributed by atoms with Gasteiger partial charge in [-0.3, -0.25) is 9.69 Å². The highest BCUT2D eigenvalue weighted by molar-refractivity contribution is 7.90. The molecule has 0 saturated carbocycles. The Morgan fingerprint density at radius 2 is 1.75 bits per heavy atom. The van der Waals surface area contributed by atoms with E-state index in [1.54, 1.807) is 12.1 Å². The number of nitrogen functional groups attached to an aromatic ring is 1. The van der Waals surface area contributed by atoms with E-state index in [1.807, 2.05) is 11.8 Å². The van der Waals surface area contributed by atoms with Crippen molar-refractivity contribution in [2.75, 3.05) is 50.5 Å². The van der Waals surface area contributed by atoms with E-state index in [9.17, 15) is 13.2 Å². The number of pyridine rings is 1. The SMILES string of the molecule is CCc1ncnc(-c2cc(F)c(C(=O)N3CCN(CCCS(C)(=O)=O)CC3)c(F)c2)c1C#Cc1ccc(N)nc1. The van der Waals surface area contributed by atoms with Gasteiger partial charge in [0.2, 0.25) is 0 Å². The number of piperazine rings is 1. The van der Waals surface area contributed by atoms with Crippen molar-refractivity contribution >= 4 is 21.6 Å². The third-order valence-electron chi connectivity index (χ3n) is 6.56. The summed E-state index contributed by atoms with van der Waals surface area (Å²) >= 11 is 0. The summed E-state index contributed by atoms with van der Waals surface area (Å²) in [6, 6.07) is 5.51. The molecule has 3 aromatic rings. The van der Waals surface area contributed by atoms with Crippen molar-refractivity contribution in [3.63, 3.8) is 0 Å². The lowest BCUT2D eigenvalue weighted by Gasteiger charge is -2.34. The highest BCUT2D eigenvalue weighted by Crippen LogP contribution is 2.28. The zero-order valence-electron chi connectivity index (χ0n) is 22.3. The highest BCUT2D eigenvalue weighted by atomic mass is 32.2. The molecule has 2 N–H and O–H groups in total. The van der Waals surface area contributed by atoms with E-state index < -0.39 is 32.9 Å². The van der Waals surface area contributed by atoms with Crippen LogP contribution in [0, 0.1) is 23.5 Å². The Balaban J connectivity index is 1.55. The molecule has 0 spiro atoms. The van der Waals surface area contributed by atoms with Crippen LogP contribution >= 0.6 is 0 Å². The summed E-state index contributed by atoms with van der Waals surface area (Å²) in [6.45, 7) is 4.00. The molecule has 0 radical (unpaired) electrons. The van der Waals surface area contributed by atoms with Gasteiger partial charge < -0.3 is 10.6 Å². The average Bonchev–Trinajstić information content (AvgIpc) is 2.91. The fourth-order valence-corrected chi connectivity index (χ4v) is 5.10. The topological polar surface area (TPSA) is 122 Å². The lowest BCUT2D eigenvalue weighted by atomic mass is 10.0. The van der Waals surface area contributed by atoms with Crippen molar-refractivity contribution in [2.24, 2.45) is 0 Å². The number of halogens is 2. The second-order valence-electron chi connectivity index (χ2n) is 9.55. The van der Waals surface area contributed by atoms with Crippen LogP contribution in [0.15, 0.2) is 36.8 Å². The molecule has 4 rings (SSSR count). The maximum atomic E-state index is 15.3. The predicted molar refractivity (Wildman–Crippen MR) is 148 cm³/mol. The number of benzene rings is 1. The number of aryl methyl sites for hydroxylation is 1. The van der Waals surface area contributed by atoms with Crippen LogP contribution < -0.4 is 5.73 Å². The molecule has 1 aromatic carbocycles. The van der Waals surface area contributed by atoms with Gasteiger partial charge in [0.15, 0.2) is 0 Å². The molecule has 12 heteroatoms. The van der Waals surface area contributed by atoms with Gasteiger partial charge in [-0.1, -0.05) is 18.8 Å². The molecule has 1 saturated heterocycles. The molecule has 9 nitrogen and oxygen atoms in total. The maximum absolute atomic E-state index is 15.3. The van der Waals surface area contributed by atoms with E-state index >= 15 is 8.78 Å². The number of carbonyl (C=O) groups is 1. The Bertz CT molecular complexity index is 1540. The minimum Gasteiger partial charge on any atom is -0.384 e. The molecule has 40 heavy (non-hydrogen) atoms. The highest BCUT2D eigenvalue weighted by Gasteiger charge is 2.28. The van der Waals surface area contributed by atoms with Crippen LogP contribution in [-0.2, 0) is 16.3 Å². The van der Waals surface area contributed by atoms with Crippen LogP contribution in [0.2, 0.25) is 0 Å². The normalized spacial score (nSPS) is 14.1. The second kappa shape index (κ2) is 12.5. The zero-order valence-corrected chi connectivity index (χ0v) is 23.1. The molecule has 0 aliphatic carbocycles. The molecule has 1 fully saturated rings. The number of aromatic nitrogens is 3. The van der Waals surface area contributed by atoms with E-state index in [2.05, 4.69) is 26.8 Å². The van der Waals surface area contributed by atoms with Gasteiger partial charge >= 0.3 is 0 Å². The standard InChI is InChI=1S/C28H30F2N6O3S/c1-3-24-21(7-5-19-6-8-25(31)32-17-19)27(34-18-33-24)20-15-22(29)26(23(30)16-20)28(37)36-12-10-35(11-13-36)9-4-14-40(2,38)39/h6,8,15-18H,3-4,9-14H2,1-2H3,(H2,31,32). The van der Waals surface area contributed by atoms with Crippen molar-refractivity contribution in [3.8, 4) is 23.1 Å². The van der Waals surface area contributed by atoms with Crippen LogP contribution in [0.5, 0.6) is 0 Å². The number of rotatable bonds is 7. The lowest BCUT2D eigenvalue weighted by molar-refractivity contribution is 0.0628. The Morgan fingerprint density at radius 3 is 2.35 bits per heavy atom. The smallest absolute Gasteiger partial charge is 0.259 e. The number of anilines is 1. The summed E-state index contributed by atoms with van der Waals surface area (Å²) in [4.78, 5) is 29.1. The average molecular weight is 569 g/mol. The Kier molecular flexibility index (Phi) is 9.07. The molecule has 210 valence electrons. The van der Waals surface area contributed by atoms with Crippen molar-refractivity contribution in [3.05, 3.63) is 70.8 Å². The number of hydrogen-bond donors (Lipinski definition) is 1. The van der Waals surface area contributed by atoms with Gasteiger partial charge in [0, 0.05) is 49.8 Å². The molecule has 3 heterocycles. The summed E-state index contributed by atoms with van der Waals surface area (Å²) in [6.07, 6.45) is 5.03. The van der Waals surface area contributed by atoms with Crippen LogP contribution in [-0.4, -0.2) is 83.8 Å². The van der Waals surface area contributed by atoms with E-state index in [0.717, 1.165) is 12.1 Å². The number of amides is 1. The monoisotopic (exact) mass is 568 g/mol. The first kappa shape index (κ1) is 29.0. The molecular formula is C28H30F2N6O3S. The summed E-state index contributed by atoms with van der Waals surface area (Å²) in [7, 11) is -3.04. The molecule has 1 aliphatic rings. The molecule has 1 aliphatic heterocycles. The third-order valence-corrected chi connectivity index (χ3v) is 7.59. The van der Waals surface area contributed by atoms with Gasteiger partial charge in [0.25, 0.3) is 5.91 Å². The fraction of sp³-hybridized carbons (Fsp3) is 0.357. The van der Waals surface area contributed by atoms with Gasteiger partial charge in [-0.05, 0) is 43.7 Å². The quantitative estimate of drug-likeness (QED) is 0.432. The lowest BCUT2D eigenvalue weighted by Crippen LogP contribution is -2.49. The number of hydrogen-bond acceptors (Lipinski definition) is 8. The van der Waals surface area contributed by atoms with Crippen molar-refractivity contribution in [1.29, 1.82) is 0 Å². The first-order chi connectivity index (χ1) is 19.1. The fourth-order valence-electron chi connectivity index (χ4n) is 4.45. The molecule has 0 unspecified atom stereocenters. The van der Waals surface area contributed by atoms with Gasteiger partial charge in [-0.2, -0.15) is 0 Å². The summed E-state index contributed by atoms with van der Waals surface area (Å²) in [5.41, 5.74) is 7.02. The summed E-state index contributed by atoms with van der Waals surface area (Å²) in [5.74, 6) is 3.71. The molecule has 0 atom stereocenters. The Hall–Kier alpha value is -3.95. The number of sulfone groups is 1. The van der Waals surface area contributed by atoms with Crippen LogP contribution in [0.4, 0.5) is 14.6 Å². The maximum Gasteiger partial charge on any atom is 0.259 e. The van der Waals surface area contributed by atoms with Gasteiger partial charge in [-0.15, -0.1) is 0 Å². The third kappa shape index (κ3) is 7.16. The van der Waals surface area contributed by atoms with Crippen LogP contribution in [0.3, 0.4) is 0 Å². The first-order valence-corrected chi connectivity index (χ1v) is 14.9. The van der Waals surface area contributed by atoms with Gasteiger partial charge in [-0.25, -0.2) is 32.2 Å². The number of carbonyl (C=O) groups excluding carboxylic acids is 1. The Morgan fingerprint density at radius 1 is 1.05 bits per heavy atom. The zero-order chi connectivity index (χ0) is 28.9.